The number of nitrogens with one attached hydrogen (secondary N) is 1. The van der Waals surface area contributed by atoms with Crippen LogP contribution in [0.3, 0.4) is 0 Å². The number of hydrogen-bond acceptors (Lipinski definition) is 2. The molecule has 1 N–H and O–H groups in total. The van der Waals surface area contributed by atoms with Crippen molar-refractivity contribution in [1.82, 2.24) is 5.32 Å². The van der Waals surface area contributed by atoms with Crippen LogP contribution in [-0.4, -0.2) is 24.7 Å². The summed E-state index contributed by atoms with van der Waals surface area (Å²) in [5.74, 6) is 0.0810. The molecule has 0 spiro atoms. The maximum absolute atomic E-state index is 10.8. The smallest absolute Gasteiger partial charge is 0.251 e. The lowest BCUT2D eigenvalue weighted by molar-refractivity contribution is -0.122. The fraction of sp³-hybridized carbons (Fsp3) is 0.833. The zero-order valence-electron chi connectivity index (χ0n) is 5.09. The van der Waals surface area contributed by atoms with Crippen LogP contribution in [0.5, 0.6) is 0 Å². The molecular weight excluding hydrogens is 118 g/mol. The molecule has 0 aliphatic carbocycles. The number of ether oxygens (including phenoxy) is 1. The second-order valence-corrected chi connectivity index (χ2v) is 2.53. The minimum atomic E-state index is -0.0903. The molecule has 3 heteroatoms. The zero-order valence-corrected chi connectivity index (χ0v) is 5.09. The van der Waals surface area contributed by atoms with Crippen LogP contribution in [0, 0.1) is 0 Å². The largest absolute Gasteiger partial charge is 0.359 e. The van der Waals surface area contributed by atoms with E-state index in [2.05, 4.69) is 5.32 Å². The summed E-state index contributed by atoms with van der Waals surface area (Å²) < 4.78 is 5.06. The fourth-order valence-corrected chi connectivity index (χ4v) is 1.21. The fourth-order valence-electron chi connectivity index (χ4n) is 1.21. The van der Waals surface area contributed by atoms with Gasteiger partial charge in [-0.2, -0.15) is 0 Å². The van der Waals surface area contributed by atoms with Gasteiger partial charge in [-0.3, -0.25) is 4.79 Å². The van der Waals surface area contributed by atoms with Crippen LogP contribution >= 0.6 is 0 Å². The van der Waals surface area contributed by atoms with Gasteiger partial charge in [0.15, 0.2) is 6.10 Å². The predicted octanol–water partition coefficient (Wildman–Crippen LogP) is -0.336. The van der Waals surface area contributed by atoms with Gasteiger partial charge in [-0.25, -0.2) is 0 Å². The van der Waals surface area contributed by atoms with E-state index in [0.717, 1.165) is 19.4 Å². The normalized spacial score (nSPS) is 40.7. The zero-order chi connectivity index (χ0) is 6.27. The Kier molecular flexibility index (Phi) is 0.990. The SMILES string of the molecule is O=C1NCCC[C@H]2O[C@@H]12. The summed E-state index contributed by atoms with van der Waals surface area (Å²) in [6.07, 6.45) is 2.27. The molecular formula is C6H9NO2. The van der Waals surface area contributed by atoms with Crippen LogP contribution in [0.25, 0.3) is 0 Å². The standard InChI is InChI=1S/C6H9NO2/c8-6-5-4(9-5)2-1-3-7-6/h4-5H,1-3H2,(H,7,8)/t4-,5-/m1/s1. The Bertz CT molecular complexity index is 146. The van der Waals surface area contributed by atoms with E-state index in [1.54, 1.807) is 0 Å². The van der Waals surface area contributed by atoms with E-state index in [1.807, 2.05) is 0 Å². The highest BCUT2D eigenvalue weighted by Crippen LogP contribution is 2.27. The number of amides is 1. The van der Waals surface area contributed by atoms with Crippen molar-refractivity contribution in [3.05, 3.63) is 0 Å². The van der Waals surface area contributed by atoms with Crippen molar-refractivity contribution in [2.75, 3.05) is 6.54 Å². The maximum atomic E-state index is 10.8. The van der Waals surface area contributed by atoms with Crippen LogP contribution in [0.1, 0.15) is 12.8 Å². The van der Waals surface area contributed by atoms with Crippen LogP contribution < -0.4 is 5.32 Å². The molecule has 2 heterocycles. The third kappa shape index (κ3) is 0.812. The maximum Gasteiger partial charge on any atom is 0.251 e. The second kappa shape index (κ2) is 1.70. The first-order valence-electron chi connectivity index (χ1n) is 3.31. The van der Waals surface area contributed by atoms with Gasteiger partial charge in [-0.05, 0) is 12.8 Å². The Morgan fingerprint density at radius 2 is 2.56 bits per heavy atom. The van der Waals surface area contributed by atoms with Gasteiger partial charge in [0.05, 0.1) is 6.10 Å². The summed E-state index contributed by atoms with van der Waals surface area (Å²) in [5, 5.41) is 2.77. The molecule has 2 rings (SSSR count). The number of carbonyl (C=O) groups excluding carboxylic acids is 1. The van der Waals surface area contributed by atoms with Crippen LogP contribution in [0.15, 0.2) is 0 Å². The lowest BCUT2D eigenvalue weighted by Gasteiger charge is -1.96. The quantitative estimate of drug-likeness (QED) is 0.452. The molecule has 0 aromatic rings. The molecule has 1 amide bonds. The second-order valence-electron chi connectivity index (χ2n) is 2.53. The van der Waals surface area contributed by atoms with E-state index in [-0.39, 0.29) is 18.1 Å². The van der Waals surface area contributed by atoms with E-state index >= 15 is 0 Å². The summed E-state index contributed by atoms with van der Waals surface area (Å²) in [6.45, 7) is 0.829. The van der Waals surface area contributed by atoms with Crippen LogP contribution in [0.4, 0.5) is 0 Å². The summed E-state index contributed by atoms with van der Waals surface area (Å²) in [7, 11) is 0. The minimum Gasteiger partial charge on any atom is -0.359 e. The van der Waals surface area contributed by atoms with E-state index < -0.39 is 0 Å². The molecule has 0 saturated carbocycles. The monoisotopic (exact) mass is 127 g/mol. The van der Waals surface area contributed by atoms with Crippen molar-refractivity contribution >= 4 is 5.91 Å². The van der Waals surface area contributed by atoms with Gasteiger partial charge in [0.25, 0.3) is 5.91 Å². The molecule has 0 unspecified atom stereocenters. The molecule has 2 aliphatic heterocycles. The summed E-state index contributed by atoms with van der Waals surface area (Å²) in [5.41, 5.74) is 0. The third-order valence-corrected chi connectivity index (χ3v) is 1.81. The van der Waals surface area contributed by atoms with Gasteiger partial charge in [0, 0.05) is 6.54 Å². The molecule has 50 valence electrons. The van der Waals surface area contributed by atoms with Crippen molar-refractivity contribution in [3.63, 3.8) is 0 Å². The van der Waals surface area contributed by atoms with E-state index in [4.69, 9.17) is 4.74 Å². The molecule has 0 aromatic heterocycles. The van der Waals surface area contributed by atoms with Crippen molar-refractivity contribution in [1.29, 1.82) is 0 Å². The third-order valence-electron chi connectivity index (χ3n) is 1.81. The number of epoxide rings is 1. The molecule has 2 fully saturated rings. The molecule has 0 aromatic carbocycles. The summed E-state index contributed by atoms with van der Waals surface area (Å²) in [6, 6.07) is 0. The Morgan fingerprint density at radius 3 is 3.44 bits per heavy atom. The molecule has 2 aliphatic rings. The van der Waals surface area contributed by atoms with E-state index in [0.29, 0.717) is 0 Å². The number of fused-ring (bicyclic) bond motifs is 1. The van der Waals surface area contributed by atoms with Gasteiger partial charge < -0.3 is 10.1 Å². The molecule has 2 atom stereocenters. The molecule has 0 radical (unpaired) electrons. The Hall–Kier alpha value is -0.570. The first-order chi connectivity index (χ1) is 4.38. The average Bonchev–Trinajstić information content (AvgIpc) is 2.55. The highest BCUT2D eigenvalue weighted by atomic mass is 16.6. The predicted molar refractivity (Wildman–Crippen MR) is 30.9 cm³/mol. The highest BCUT2D eigenvalue weighted by Gasteiger charge is 2.45. The van der Waals surface area contributed by atoms with Crippen molar-refractivity contribution in [3.8, 4) is 0 Å². The van der Waals surface area contributed by atoms with Crippen molar-refractivity contribution in [2.45, 2.75) is 25.0 Å². The van der Waals surface area contributed by atoms with E-state index in [1.165, 1.54) is 0 Å². The van der Waals surface area contributed by atoms with Crippen molar-refractivity contribution < 1.29 is 9.53 Å². The van der Waals surface area contributed by atoms with E-state index in [9.17, 15) is 4.79 Å². The molecule has 0 bridgehead atoms. The number of hydrogen-bond donors (Lipinski definition) is 1. The highest BCUT2D eigenvalue weighted by molar-refractivity contribution is 5.83. The van der Waals surface area contributed by atoms with Crippen molar-refractivity contribution in [2.24, 2.45) is 0 Å². The molecule has 2 saturated heterocycles. The topological polar surface area (TPSA) is 41.6 Å². The Morgan fingerprint density at radius 1 is 1.67 bits per heavy atom. The Labute approximate surface area is 53.4 Å². The molecule has 3 nitrogen and oxygen atoms in total. The summed E-state index contributed by atoms with van der Waals surface area (Å²) in [4.78, 5) is 10.8. The average molecular weight is 127 g/mol. The van der Waals surface area contributed by atoms with Gasteiger partial charge in [-0.1, -0.05) is 0 Å². The molecule has 9 heavy (non-hydrogen) atoms. The van der Waals surface area contributed by atoms with Gasteiger partial charge in [0.2, 0.25) is 0 Å². The Balaban J connectivity index is 2.03. The number of carbonyl (C=O) groups is 1. The van der Waals surface area contributed by atoms with Gasteiger partial charge >= 0.3 is 0 Å². The first-order valence-corrected chi connectivity index (χ1v) is 3.31. The number of rotatable bonds is 0. The minimum absolute atomic E-state index is 0.0810. The van der Waals surface area contributed by atoms with Crippen LogP contribution in [0.2, 0.25) is 0 Å². The van der Waals surface area contributed by atoms with Gasteiger partial charge in [-0.15, -0.1) is 0 Å². The van der Waals surface area contributed by atoms with Gasteiger partial charge in [0.1, 0.15) is 0 Å². The van der Waals surface area contributed by atoms with Crippen LogP contribution in [-0.2, 0) is 9.53 Å². The lowest BCUT2D eigenvalue weighted by Crippen LogP contribution is -2.27. The summed E-state index contributed by atoms with van der Waals surface area (Å²) >= 11 is 0. The lowest BCUT2D eigenvalue weighted by atomic mass is 10.2. The first kappa shape index (κ1) is 5.23.